The lowest BCUT2D eigenvalue weighted by Gasteiger charge is -2.16. The molecule has 8 heteroatoms. The summed E-state index contributed by atoms with van der Waals surface area (Å²) >= 11 is 5.80. The molecule has 0 spiro atoms. The second-order valence-corrected chi connectivity index (χ2v) is 6.08. The summed E-state index contributed by atoms with van der Waals surface area (Å²) in [5.74, 6) is -0.0720. The van der Waals surface area contributed by atoms with Gasteiger partial charge in [-0.3, -0.25) is 9.78 Å². The Morgan fingerprint density at radius 2 is 2.16 bits per heavy atom. The van der Waals surface area contributed by atoms with E-state index < -0.39 is 5.82 Å². The van der Waals surface area contributed by atoms with E-state index in [0.717, 1.165) is 0 Å². The summed E-state index contributed by atoms with van der Waals surface area (Å²) in [6, 6.07) is 9.59. The van der Waals surface area contributed by atoms with Crippen LogP contribution in [0, 0.1) is 5.82 Å². The fraction of sp³-hybridized carbons (Fsp3) is 0.176. The van der Waals surface area contributed by atoms with Crippen molar-refractivity contribution < 1.29 is 13.7 Å². The van der Waals surface area contributed by atoms with Gasteiger partial charge in [0.2, 0.25) is 5.91 Å². The van der Waals surface area contributed by atoms with Crippen molar-refractivity contribution in [1.82, 2.24) is 15.1 Å². The monoisotopic (exact) mass is 358 g/mol. The maximum Gasteiger partial charge on any atom is 0.276 e. The number of hydrogen-bond acceptors (Lipinski definition) is 5. The molecule has 1 unspecified atom stereocenters. The van der Waals surface area contributed by atoms with Crippen molar-refractivity contribution in [3.63, 3.8) is 0 Å². The van der Waals surface area contributed by atoms with Gasteiger partial charge in [-0.25, -0.2) is 4.39 Å². The zero-order chi connectivity index (χ0) is 17.4. The summed E-state index contributed by atoms with van der Waals surface area (Å²) in [4.78, 5) is 22.4. The van der Waals surface area contributed by atoms with Crippen molar-refractivity contribution >= 4 is 23.2 Å². The number of hydrogen-bond donors (Lipinski definition) is 0. The van der Waals surface area contributed by atoms with Gasteiger partial charge in [-0.1, -0.05) is 22.8 Å². The van der Waals surface area contributed by atoms with Crippen LogP contribution in [0.2, 0.25) is 5.02 Å². The van der Waals surface area contributed by atoms with E-state index in [1.165, 1.54) is 18.2 Å². The van der Waals surface area contributed by atoms with Crippen LogP contribution in [-0.4, -0.2) is 27.6 Å². The Bertz CT molecular complexity index is 931. The van der Waals surface area contributed by atoms with E-state index in [9.17, 15) is 9.18 Å². The standard InChI is InChI=1S/C17H12ClFN4O2/c18-12-8-11(4-5-13(12)19)23-9-10(7-15(23)24)16-21-17(25-22-16)14-3-1-2-6-20-14/h1-6,8,10H,7,9H2. The molecule has 1 saturated heterocycles. The van der Waals surface area contributed by atoms with E-state index in [2.05, 4.69) is 15.1 Å². The van der Waals surface area contributed by atoms with Crippen molar-refractivity contribution in [2.75, 3.05) is 11.4 Å². The predicted molar refractivity (Wildman–Crippen MR) is 88.7 cm³/mol. The van der Waals surface area contributed by atoms with Crippen molar-refractivity contribution in [3.8, 4) is 11.6 Å². The Morgan fingerprint density at radius 3 is 2.92 bits per heavy atom. The van der Waals surface area contributed by atoms with Crippen LogP contribution >= 0.6 is 11.6 Å². The molecule has 1 aliphatic rings. The molecule has 3 aromatic rings. The highest BCUT2D eigenvalue weighted by Crippen LogP contribution is 2.32. The number of nitrogens with zero attached hydrogens (tertiary/aromatic N) is 4. The highest BCUT2D eigenvalue weighted by atomic mass is 35.5. The Hall–Kier alpha value is -2.80. The third-order valence-electron chi connectivity index (χ3n) is 4.03. The van der Waals surface area contributed by atoms with E-state index in [4.69, 9.17) is 16.1 Å². The van der Waals surface area contributed by atoms with E-state index >= 15 is 0 Å². The fourth-order valence-electron chi connectivity index (χ4n) is 2.78. The first-order chi connectivity index (χ1) is 12.1. The number of aromatic nitrogens is 3. The summed E-state index contributed by atoms with van der Waals surface area (Å²) in [5.41, 5.74) is 1.13. The molecule has 0 saturated carbocycles. The minimum Gasteiger partial charge on any atom is -0.332 e. The summed E-state index contributed by atoms with van der Waals surface area (Å²) in [7, 11) is 0. The van der Waals surface area contributed by atoms with Crippen molar-refractivity contribution in [2.45, 2.75) is 12.3 Å². The number of carbonyl (C=O) groups excluding carboxylic acids is 1. The predicted octanol–water partition coefficient (Wildman–Crippen LogP) is 3.44. The molecule has 3 heterocycles. The van der Waals surface area contributed by atoms with Crippen LogP contribution in [0.4, 0.5) is 10.1 Å². The van der Waals surface area contributed by atoms with Gasteiger partial charge in [0.25, 0.3) is 5.89 Å². The Kier molecular flexibility index (Phi) is 3.93. The third kappa shape index (κ3) is 2.98. The van der Waals surface area contributed by atoms with Crippen LogP contribution < -0.4 is 4.90 Å². The fourth-order valence-corrected chi connectivity index (χ4v) is 2.95. The smallest absolute Gasteiger partial charge is 0.276 e. The minimum absolute atomic E-state index is 0.0225. The zero-order valence-corrected chi connectivity index (χ0v) is 13.7. The average Bonchev–Trinajstić information content (AvgIpc) is 3.25. The first-order valence-electron chi connectivity index (χ1n) is 7.62. The highest BCUT2D eigenvalue weighted by molar-refractivity contribution is 6.31. The van der Waals surface area contributed by atoms with Crippen LogP contribution in [0.15, 0.2) is 47.1 Å². The van der Waals surface area contributed by atoms with E-state index in [1.54, 1.807) is 23.2 Å². The van der Waals surface area contributed by atoms with Crippen LogP contribution in [0.1, 0.15) is 18.2 Å². The summed E-state index contributed by atoms with van der Waals surface area (Å²) < 4.78 is 18.6. The van der Waals surface area contributed by atoms with E-state index in [1.807, 2.05) is 6.07 Å². The van der Waals surface area contributed by atoms with Gasteiger partial charge < -0.3 is 9.42 Å². The molecule has 0 bridgehead atoms. The molecule has 126 valence electrons. The number of carbonyl (C=O) groups is 1. The molecule has 1 aromatic carbocycles. The number of halogens is 2. The number of benzene rings is 1. The van der Waals surface area contributed by atoms with Gasteiger partial charge in [-0.15, -0.1) is 0 Å². The lowest BCUT2D eigenvalue weighted by molar-refractivity contribution is -0.117. The quantitative estimate of drug-likeness (QED) is 0.717. The van der Waals surface area contributed by atoms with Gasteiger partial charge in [0.15, 0.2) is 5.82 Å². The molecule has 1 atom stereocenters. The topological polar surface area (TPSA) is 72.1 Å². The van der Waals surface area contributed by atoms with Crippen molar-refractivity contribution in [2.24, 2.45) is 0 Å². The molecule has 0 aliphatic carbocycles. The van der Waals surface area contributed by atoms with E-state index in [-0.39, 0.29) is 23.3 Å². The SMILES string of the molecule is O=C1CC(c2noc(-c3ccccn3)n2)CN1c1ccc(F)c(Cl)c1. The second-order valence-electron chi connectivity index (χ2n) is 5.68. The molecule has 1 fully saturated rings. The molecule has 6 nitrogen and oxygen atoms in total. The summed E-state index contributed by atoms with van der Waals surface area (Å²) in [5, 5.41) is 3.96. The van der Waals surface area contributed by atoms with Crippen LogP contribution in [-0.2, 0) is 4.79 Å². The second kappa shape index (κ2) is 6.25. The van der Waals surface area contributed by atoms with Crippen LogP contribution in [0.25, 0.3) is 11.6 Å². The number of anilines is 1. The van der Waals surface area contributed by atoms with Crippen molar-refractivity contribution in [1.29, 1.82) is 0 Å². The summed E-state index contributed by atoms with van der Waals surface area (Å²) in [6.45, 7) is 0.377. The Balaban J connectivity index is 1.56. The van der Waals surface area contributed by atoms with Gasteiger partial charge in [0.05, 0.1) is 5.02 Å². The molecule has 0 radical (unpaired) electrons. The minimum atomic E-state index is -0.521. The maximum atomic E-state index is 13.3. The maximum absolute atomic E-state index is 13.3. The lowest BCUT2D eigenvalue weighted by Crippen LogP contribution is -2.24. The average molecular weight is 359 g/mol. The van der Waals surface area contributed by atoms with Gasteiger partial charge in [0.1, 0.15) is 11.5 Å². The zero-order valence-electron chi connectivity index (χ0n) is 12.9. The molecule has 1 amide bonds. The summed E-state index contributed by atoms with van der Waals surface area (Å²) in [6.07, 6.45) is 1.88. The van der Waals surface area contributed by atoms with Crippen LogP contribution in [0.3, 0.4) is 0 Å². The van der Waals surface area contributed by atoms with E-state index in [0.29, 0.717) is 29.6 Å². The van der Waals surface area contributed by atoms with Crippen molar-refractivity contribution in [3.05, 3.63) is 59.3 Å². The molecule has 0 N–H and O–H groups in total. The number of rotatable bonds is 3. The first-order valence-corrected chi connectivity index (χ1v) is 8.00. The number of pyridine rings is 1. The van der Waals surface area contributed by atoms with Gasteiger partial charge in [-0.2, -0.15) is 4.98 Å². The Labute approximate surface area is 147 Å². The Morgan fingerprint density at radius 1 is 1.28 bits per heavy atom. The molecule has 4 rings (SSSR count). The molecule has 25 heavy (non-hydrogen) atoms. The normalized spacial score (nSPS) is 17.3. The third-order valence-corrected chi connectivity index (χ3v) is 4.32. The molecular weight excluding hydrogens is 347 g/mol. The van der Waals surface area contributed by atoms with Crippen LogP contribution in [0.5, 0.6) is 0 Å². The highest BCUT2D eigenvalue weighted by Gasteiger charge is 2.35. The van der Waals surface area contributed by atoms with Gasteiger partial charge in [-0.05, 0) is 30.3 Å². The molecular formula is C17H12ClFN4O2. The molecule has 2 aromatic heterocycles. The van der Waals surface area contributed by atoms with Gasteiger partial charge in [0, 0.05) is 30.8 Å². The lowest BCUT2D eigenvalue weighted by atomic mass is 10.1. The first kappa shape index (κ1) is 15.7. The number of amides is 1. The largest absolute Gasteiger partial charge is 0.332 e. The van der Waals surface area contributed by atoms with Gasteiger partial charge >= 0.3 is 0 Å². The molecule has 1 aliphatic heterocycles.